The molecule has 0 unspecified atom stereocenters. The van der Waals surface area contributed by atoms with Crippen molar-refractivity contribution in [2.75, 3.05) is 82.4 Å². The molecule has 93 heavy (non-hydrogen) atoms. The molecule has 0 saturated heterocycles. The van der Waals surface area contributed by atoms with E-state index in [-0.39, 0.29) is 110 Å². The molecule has 10 rings (SSSR count). The first-order valence-electron chi connectivity index (χ1n) is 31.9. The van der Waals surface area contributed by atoms with Crippen LogP contribution in [0.4, 0.5) is 21.9 Å². The summed E-state index contributed by atoms with van der Waals surface area (Å²) in [6.45, 7) is 20.5. The highest BCUT2D eigenvalue weighted by Gasteiger charge is 2.45. The topological polar surface area (TPSA) is 236 Å². The third kappa shape index (κ3) is 15.4. The summed E-state index contributed by atoms with van der Waals surface area (Å²) in [4.78, 5) is 90.5. The van der Waals surface area contributed by atoms with E-state index in [0.717, 1.165) is 51.2 Å². The van der Waals surface area contributed by atoms with Crippen molar-refractivity contribution in [3.8, 4) is 34.1 Å². The van der Waals surface area contributed by atoms with E-state index < -0.39 is 58.1 Å². The number of nitrogens with one attached hydrogen (secondary N) is 3. The zero-order valence-electron chi connectivity index (χ0n) is 55.1. The fraction of sp³-hybridized carbons (Fsp3) is 0.429. The molecule has 0 spiro atoms. The second kappa shape index (κ2) is 28.7. The average Bonchev–Trinajstić information content (AvgIpc) is 1.63. The molecule has 0 bridgehead atoms. The number of carbonyl (C=O) groups is 6. The summed E-state index contributed by atoms with van der Waals surface area (Å²) in [5.41, 5.74) is 7.89. The third-order valence-corrected chi connectivity index (χ3v) is 20.7. The average molecular weight is 1310 g/mol. The Hall–Kier alpha value is -8.65. The number of hydrogen-bond acceptors (Lipinski definition) is 15. The van der Waals surface area contributed by atoms with Gasteiger partial charge in [-0.1, -0.05) is 114 Å². The van der Waals surface area contributed by atoms with E-state index in [4.69, 9.17) is 33.2 Å². The Morgan fingerprint density at radius 2 is 1.12 bits per heavy atom. The van der Waals surface area contributed by atoms with E-state index in [0.29, 0.717) is 43.3 Å². The number of rotatable bonds is 28. The van der Waals surface area contributed by atoms with Gasteiger partial charge in [0.25, 0.3) is 23.6 Å². The van der Waals surface area contributed by atoms with Gasteiger partial charge >= 0.3 is 6.09 Å². The molecule has 4 heterocycles. The zero-order chi connectivity index (χ0) is 66.5. The number of hydrogen-bond donors (Lipinski definition) is 4. The fourth-order valence-corrected chi connectivity index (χ4v) is 13.6. The van der Waals surface area contributed by atoms with Gasteiger partial charge < -0.3 is 59.1 Å². The number of alkyl carbamates (subject to hydrolysis) is 1. The van der Waals surface area contributed by atoms with Gasteiger partial charge in [-0.2, -0.15) is 0 Å². The van der Waals surface area contributed by atoms with Crippen LogP contribution in [-0.4, -0.2) is 158 Å². The summed E-state index contributed by atoms with van der Waals surface area (Å²) >= 11 is 0. The highest BCUT2D eigenvalue weighted by molar-refractivity contribution is 6.76. The summed E-state index contributed by atoms with van der Waals surface area (Å²) in [6.07, 6.45) is 2.94. The van der Waals surface area contributed by atoms with E-state index in [1.54, 1.807) is 24.4 Å². The minimum absolute atomic E-state index is 0.0184. The van der Waals surface area contributed by atoms with Crippen LogP contribution >= 0.6 is 0 Å². The van der Waals surface area contributed by atoms with Crippen LogP contribution in [0.5, 0.6) is 23.0 Å². The Kier molecular flexibility index (Phi) is 20.8. The first-order valence-corrected chi connectivity index (χ1v) is 39.3. The molecule has 23 heteroatoms. The zero-order valence-corrected chi connectivity index (χ0v) is 57.1. The van der Waals surface area contributed by atoms with Crippen molar-refractivity contribution in [1.82, 2.24) is 20.4 Å². The summed E-state index contributed by atoms with van der Waals surface area (Å²) in [7, 11) is -0.0393. The molecule has 0 fully saturated rings. The van der Waals surface area contributed by atoms with Gasteiger partial charge in [-0.25, -0.2) is 4.79 Å². The second-order valence-electron chi connectivity index (χ2n) is 27.0. The number of methoxy groups -OCH3 is 2. The molecule has 6 amide bonds. The maximum absolute atomic E-state index is 15.0. The number of carbonyl (C=O) groups excluding carboxylic acids is 6. The normalized spacial score (nSPS) is 17.5. The molecular formula is C70H87N7O14Si2. The number of ether oxygens (including phenoxy) is 7. The van der Waals surface area contributed by atoms with Crippen LogP contribution < -0.4 is 44.7 Å². The van der Waals surface area contributed by atoms with Crippen LogP contribution in [-0.2, 0) is 28.6 Å². The lowest BCUT2D eigenvalue weighted by atomic mass is 9.98. The van der Waals surface area contributed by atoms with Gasteiger partial charge in [0.05, 0.1) is 49.9 Å². The van der Waals surface area contributed by atoms with Crippen LogP contribution in [0.15, 0.2) is 115 Å². The van der Waals surface area contributed by atoms with Crippen molar-refractivity contribution in [3.63, 3.8) is 0 Å². The SMILES string of the molecule is COc1cc2c(cc1OCCCOc1cc3c(cc1OC)C(=O)N1C=C(c4ccc(NC[C@H](C)NC(=O)[C@@H](NC(=O)OCC5c6ccccc6-c6ccccc65)C(C)C)cc4)C[C@H]1C(=O)N3COCC[Si](C)(C)C)N(COCC[Si](C)(C)C)C(=O)[C@@H]1CC(O)=CN1C2=O. The van der Waals surface area contributed by atoms with Gasteiger partial charge in [-0.15, -0.1) is 0 Å². The van der Waals surface area contributed by atoms with E-state index in [9.17, 15) is 33.9 Å². The van der Waals surface area contributed by atoms with Crippen molar-refractivity contribution < 1.29 is 67.0 Å². The summed E-state index contributed by atoms with van der Waals surface area (Å²) in [6, 6.07) is 29.1. The van der Waals surface area contributed by atoms with Crippen molar-refractivity contribution in [2.24, 2.45) is 5.92 Å². The molecule has 0 aromatic heterocycles. The minimum atomic E-state index is -1.52. The van der Waals surface area contributed by atoms with Crippen LogP contribution in [0.2, 0.25) is 51.4 Å². The van der Waals surface area contributed by atoms with E-state index in [1.807, 2.05) is 69.3 Å². The number of nitrogens with zero attached hydrogens (tertiary/aromatic N) is 4. The Morgan fingerprint density at radius 1 is 0.613 bits per heavy atom. The first kappa shape index (κ1) is 67.2. The Balaban J connectivity index is 0.774. The van der Waals surface area contributed by atoms with E-state index >= 15 is 0 Å². The van der Waals surface area contributed by atoms with Crippen molar-refractivity contribution in [1.29, 1.82) is 0 Å². The van der Waals surface area contributed by atoms with Gasteiger partial charge in [-0.05, 0) is 82.6 Å². The lowest BCUT2D eigenvalue weighted by Gasteiger charge is -2.27. The number of anilines is 3. The first-order chi connectivity index (χ1) is 44.4. The molecular weight excluding hydrogens is 1220 g/mol. The smallest absolute Gasteiger partial charge is 0.407 e. The van der Waals surface area contributed by atoms with E-state index in [2.05, 4.69) is 79.5 Å². The maximum atomic E-state index is 15.0. The highest BCUT2D eigenvalue weighted by Crippen LogP contribution is 2.46. The maximum Gasteiger partial charge on any atom is 0.407 e. The Labute approximate surface area is 546 Å². The lowest BCUT2D eigenvalue weighted by molar-refractivity contribution is -0.125. The number of fused-ring (bicyclic) bond motifs is 7. The number of aliphatic hydroxyl groups is 1. The Bertz CT molecular complexity index is 3650. The molecule has 0 saturated carbocycles. The van der Waals surface area contributed by atoms with Gasteiger partial charge in [0.2, 0.25) is 5.91 Å². The third-order valence-electron chi connectivity index (χ3n) is 17.3. The molecule has 1 aliphatic carbocycles. The second-order valence-corrected chi connectivity index (χ2v) is 38.3. The quantitative estimate of drug-likeness (QED) is 0.0269. The van der Waals surface area contributed by atoms with Gasteiger partial charge in [0.15, 0.2) is 23.0 Å². The monoisotopic (exact) mass is 1310 g/mol. The molecule has 4 aliphatic heterocycles. The van der Waals surface area contributed by atoms with Crippen LogP contribution in [0.3, 0.4) is 0 Å². The fourth-order valence-electron chi connectivity index (χ4n) is 12.0. The van der Waals surface area contributed by atoms with Gasteiger partial charge in [-0.3, -0.25) is 38.7 Å². The summed E-state index contributed by atoms with van der Waals surface area (Å²) in [5, 5.41) is 19.6. The molecule has 0 radical (unpaired) electrons. The van der Waals surface area contributed by atoms with Crippen LogP contribution in [0.25, 0.3) is 16.7 Å². The highest BCUT2D eigenvalue weighted by atomic mass is 28.3. The molecule has 5 aliphatic rings. The molecule has 494 valence electrons. The van der Waals surface area contributed by atoms with Gasteiger partial charge in [0.1, 0.15) is 44.0 Å². The van der Waals surface area contributed by atoms with Gasteiger partial charge in [0, 0.05) is 97.3 Å². The molecule has 4 N–H and O–H groups in total. The van der Waals surface area contributed by atoms with Crippen molar-refractivity contribution >= 4 is 74.4 Å². The van der Waals surface area contributed by atoms with Crippen LogP contribution in [0.1, 0.15) is 83.4 Å². The number of benzene rings is 5. The van der Waals surface area contributed by atoms with Crippen molar-refractivity contribution in [3.05, 3.63) is 143 Å². The molecule has 5 aromatic rings. The lowest BCUT2D eigenvalue weighted by Crippen LogP contribution is -2.52. The van der Waals surface area contributed by atoms with Crippen molar-refractivity contribution in [2.45, 2.75) is 121 Å². The molecule has 4 atom stereocenters. The predicted molar refractivity (Wildman–Crippen MR) is 362 cm³/mol. The Morgan fingerprint density at radius 3 is 1.62 bits per heavy atom. The largest absolute Gasteiger partial charge is 0.511 e. The molecule has 5 aromatic carbocycles. The number of aliphatic hydroxyl groups excluding tert-OH is 1. The predicted octanol–water partition coefficient (Wildman–Crippen LogP) is 11.2. The number of amides is 6. The van der Waals surface area contributed by atoms with E-state index in [1.165, 1.54) is 46.1 Å². The summed E-state index contributed by atoms with van der Waals surface area (Å²) < 4.78 is 42.3. The molecule has 21 nitrogen and oxygen atoms in total. The van der Waals surface area contributed by atoms with Crippen LogP contribution in [0, 0.1) is 5.92 Å². The minimum Gasteiger partial charge on any atom is -0.511 e. The summed E-state index contributed by atoms with van der Waals surface area (Å²) in [5.74, 6) is -1.20. The standard InChI is InChI=1S/C70H87N7O14Si2/c1-43(2)64(73-70(84)91-40-55-51-19-14-12-17-49(51)50-18-13-15-20-52(50)55)65(79)72-44(3)37-71-47-23-21-45(22-24-47)46-31-58-68(82)76(41-87-27-29-92(6,7)8)56-35-62(60(85-4)33-53(56)66(80)74(58)38-46)89-25-16-26-90-63-36-57-54(34-61(63)86-5)67(81)75-39-48(78)32-59(75)69(83)77(57)42-88-28-30-93(9,10)11/h12-15,17-24,33-36,38-39,43-44,55,58-59,64,71,78H,16,25-32,37,40-42H2,1-11H3,(H,72,79)(H,73,84)/t44-,58-,59-,64-/m0/s1.